The van der Waals surface area contributed by atoms with Crippen molar-refractivity contribution in [1.82, 2.24) is 9.80 Å². The van der Waals surface area contributed by atoms with Crippen LogP contribution in [-0.2, 0) is 6.54 Å². The number of ether oxygens (including phenoxy) is 2. The number of hydrogen-bond donors (Lipinski definition) is 0. The molecule has 5 rings (SSSR count). The van der Waals surface area contributed by atoms with Crippen LogP contribution < -0.4 is 9.47 Å². The molecule has 3 aromatic carbocycles. The van der Waals surface area contributed by atoms with Crippen molar-refractivity contribution in [3.05, 3.63) is 95.6 Å². The summed E-state index contributed by atoms with van der Waals surface area (Å²) in [6, 6.07) is 29.3. The Balaban J connectivity index is 0.00000190. The van der Waals surface area contributed by atoms with Gasteiger partial charge in [-0.1, -0.05) is 66.7 Å². The van der Waals surface area contributed by atoms with Gasteiger partial charge in [0.15, 0.2) is 0 Å². The van der Waals surface area contributed by atoms with Gasteiger partial charge in [0.25, 0.3) is 0 Å². The number of hydrogen-bond acceptors (Lipinski definition) is 4. The number of nitrogens with zero attached hydrogens (tertiary/aromatic N) is 2. The smallest absolute Gasteiger partial charge is 0.127 e. The number of piperazine rings is 1. The molecule has 0 aromatic heterocycles. The van der Waals surface area contributed by atoms with Gasteiger partial charge in [0.05, 0.1) is 18.8 Å². The summed E-state index contributed by atoms with van der Waals surface area (Å²) in [6.45, 7) is 8.30. The van der Waals surface area contributed by atoms with Crippen LogP contribution in [0.4, 0.5) is 0 Å². The van der Waals surface area contributed by atoms with Crippen LogP contribution in [0.5, 0.6) is 11.5 Å². The molecule has 0 radical (unpaired) electrons. The van der Waals surface area contributed by atoms with E-state index in [1.165, 1.54) is 30.5 Å². The molecule has 0 spiro atoms. The lowest BCUT2D eigenvalue weighted by Crippen LogP contribution is -2.57. The average Bonchev–Trinajstić information content (AvgIpc) is 3.35. The van der Waals surface area contributed by atoms with Crippen molar-refractivity contribution in [2.45, 2.75) is 57.3 Å². The first-order valence-corrected chi connectivity index (χ1v) is 13.0. The zero-order chi connectivity index (χ0) is 24.2. The highest BCUT2D eigenvalue weighted by Gasteiger charge is 2.42. The first-order valence-electron chi connectivity index (χ1n) is 13.0. The fourth-order valence-corrected chi connectivity index (χ4v) is 6.10. The highest BCUT2D eigenvalue weighted by molar-refractivity contribution is 5.85. The Hall–Kier alpha value is -2.24. The maximum atomic E-state index is 6.21. The van der Waals surface area contributed by atoms with Crippen molar-refractivity contribution in [2.75, 3.05) is 26.7 Å². The van der Waals surface area contributed by atoms with Gasteiger partial charge < -0.3 is 9.47 Å². The molecule has 2 aliphatic heterocycles. The number of halogens is 2. The number of methoxy groups -OCH3 is 1. The van der Waals surface area contributed by atoms with Crippen LogP contribution in [0.1, 0.15) is 49.3 Å². The maximum Gasteiger partial charge on any atom is 0.127 e. The quantitative estimate of drug-likeness (QED) is 0.312. The van der Waals surface area contributed by atoms with Crippen LogP contribution >= 0.6 is 24.8 Å². The van der Waals surface area contributed by atoms with E-state index in [9.17, 15) is 0 Å². The summed E-state index contributed by atoms with van der Waals surface area (Å²) in [4.78, 5) is 5.44. The Kier molecular flexibility index (Phi) is 10.7. The first-order chi connectivity index (χ1) is 17.1. The van der Waals surface area contributed by atoms with Gasteiger partial charge in [-0.2, -0.15) is 0 Å². The van der Waals surface area contributed by atoms with Crippen molar-refractivity contribution >= 4 is 24.8 Å². The molecule has 0 N–H and O–H groups in total. The van der Waals surface area contributed by atoms with Gasteiger partial charge in [-0.15, -0.1) is 24.8 Å². The molecular weight excluding hydrogens is 503 g/mol. The Morgan fingerprint density at radius 3 is 2.03 bits per heavy atom. The lowest BCUT2D eigenvalue weighted by Gasteiger charge is -2.47. The van der Waals surface area contributed by atoms with Crippen molar-refractivity contribution in [2.24, 2.45) is 0 Å². The minimum atomic E-state index is 0. The third kappa shape index (κ3) is 6.61. The van der Waals surface area contributed by atoms with E-state index >= 15 is 0 Å². The summed E-state index contributed by atoms with van der Waals surface area (Å²) in [5.41, 5.74) is 3.96. The van der Waals surface area contributed by atoms with Crippen LogP contribution in [0.3, 0.4) is 0 Å². The van der Waals surface area contributed by atoms with E-state index in [1.54, 1.807) is 7.11 Å². The lowest BCUT2D eigenvalue weighted by molar-refractivity contribution is 0.0374. The zero-order valence-corrected chi connectivity index (χ0v) is 23.7. The Morgan fingerprint density at radius 1 is 0.811 bits per heavy atom. The summed E-state index contributed by atoms with van der Waals surface area (Å²) in [6.07, 6.45) is 2.67. The maximum absolute atomic E-state index is 6.21. The Bertz CT molecular complexity index is 1060. The second-order valence-electron chi connectivity index (χ2n) is 10.2. The molecule has 2 saturated heterocycles. The standard InChI is InChI=1S/C31H38N2O2.2ClH/c1-23(2)35-30-18-10-17-29(34-3)27(30)21-32-20-26-16-11-19-33(26)28(22-32)31(24-12-6-4-7-13-24)25-14-8-5-9-15-25;;/h4-10,12-15,17-18,23,26,28,31H,11,16,19-22H2,1-3H3;2*1H/t26-,28-;;/m0../s1. The van der Waals surface area contributed by atoms with E-state index in [-0.39, 0.29) is 30.9 Å². The number of rotatable bonds is 8. The van der Waals surface area contributed by atoms with Crippen LogP contribution in [0, 0.1) is 0 Å². The molecule has 37 heavy (non-hydrogen) atoms. The average molecular weight is 544 g/mol. The van der Waals surface area contributed by atoms with Crippen molar-refractivity contribution in [1.29, 1.82) is 0 Å². The van der Waals surface area contributed by atoms with Gasteiger partial charge in [0.2, 0.25) is 0 Å². The van der Waals surface area contributed by atoms with Gasteiger partial charge >= 0.3 is 0 Å². The van der Waals surface area contributed by atoms with Gasteiger partial charge in [-0.3, -0.25) is 9.80 Å². The third-order valence-electron chi connectivity index (χ3n) is 7.52. The van der Waals surface area contributed by atoms with E-state index in [0.29, 0.717) is 18.0 Å². The van der Waals surface area contributed by atoms with Crippen molar-refractivity contribution in [3.8, 4) is 11.5 Å². The van der Waals surface area contributed by atoms with Gasteiger partial charge in [-0.25, -0.2) is 0 Å². The monoisotopic (exact) mass is 542 g/mol. The minimum Gasteiger partial charge on any atom is -0.496 e. The van der Waals surface area contributed by atoms with E-state index in [4.69, 9.17) is 9.47 Å². The molecule has 0 aliphatic carbocycles. The fraction of sp³-hybridized carbons (Fsp3) is 0.419. The third-order valence-corrected chi connectivity index (χ3v) is 7.52. The van der Waals surface area contributed by atoms with Crippen molar-refractivity contribution < 1.29 is 9.47 Å². The van der Waals surface area contributed by atoms with Crippen molar-refractivity contribution in [3.63, 3.8) is 0 Å². The van der Waals surface area contributed by atoms with Gasteiger partial charge in [-0.05, 0) is 56.5 Å². The highest BCUT2D eigenvalue weighted by Crippen LogP contribution is 2.39. The molecule has 3 aromatic rings. The summed E-state index contributed by atoms with van der Waals surface area (Å²) < 4.78 is 12.0. The summed E-state index contributed by atoms with van der Waals surface area (Å²) in [7, 11) is 1.76. The van der Waals surface area contributed by atoms with Crippen LogP contribution in [0.15, 0.2) is 78.9 Å². The molecule has 2 aliphatic rings. The van der Waals surface area contributed by atoms with E-state index < -0.39 is 0 Å². The predicted octanol–water partition coefficient (Wildman–Crippen LogP) is 6.81. The molecule has 2 heterocycles. The normalized spacial score (nSPS) is 19.7. The molecule has 2 atom stereocenters. The van der Waals surface area contributed by atoms with Crippen LogP contribution in [-0.4, -0.2) is 54.7 Å². The summed E-state index contributed by atoms with van der Waals surface area (Å²) in [5, 5.41) is 0. The van der Waals surface area contributed by atoms with E-state index in [0.717, 1.165) is 36.7 Å². The SMILES string of the molecule is COc1cccc(OC(C)C)c1CN1C[C@@H]2CCCN2[C@H](C(c2ccccc2)c2ccccc2)C1.Cl.Cl. The number of fused-ring (bicyclic) bond motifs is 1. The lowest BCUT2D eigenvalue weighted by atomic mass is 9.82. The molecule has 0 bridgehead atoms. The van der Waals surface area contributed by atoms with Gasteiger partial charge in [0.1, 0.15) is 11.5 Å². The highest BCUT2D eigenvalue weighted by atomic mass is 35.5. The van der Waals surface area contributed by atoms with Gasteiger partial charge in [0, 0.05) is 37.6 Å². The zero-order valence-electron chi connectivity index (χ0n) is 22.1. The molecular formula is C31H40Cl2N2O2. The molecule has 0 saturated carbocycles. The Labute approximate surface area is 234 Å². The summed E-state index contributed by atoms with van der Waals surface area (Å²) >= 11 is 0. The minimum absolute atomic E-state index is 0. The first kappa shape index (κ1) is 29.3. The van der Waals surface area contributed by atoms with Crippen LogP contribution in [0.25, 0.3) is 0 Å². The topological polar surface area (TPSA) is 24.9 Å². The van der Waals surface area contributed by atoms with E-state index in [2.05, 4.69) is 96.4 Å². The second-order valence-corrected chi connectivity index (χ2v) is 10.2. The summed E-state index contributed by atoms with van der Waals surface area (Å²) in [5.74, 6) is 2.19. The number of benzene rings is 3. The molecule has 0 amide bonds. The molecule has 0 unspecified atom stereocenters. The molecule has 200 valence electrons. The Morgan fingerprint density at radius 2 is 1.43 bits per heavy atom. The largest absolute Gasteiger partial charge is 0.496 e. The van der Waals surface area contributed by atoms with E-state index in [1.807, 2.05) is 6.07 Å². The van der Waals surface area contributed by atoms with Crippen LogP contribution in [0.2, 0.25) is 0 Å². The second kappa shape index (κ2) is 13.5. The predicted molar refractivity (Wildman–Crippen MR) is 157 cm³/mol. The molecule has 2 fully saturated rings. The molecule has 6 heteroatoms. The fourth-order valence-electron chi connectivity index (χ4n) is 6.10. The molecule has 4 nitrogen and oxygen atoms in total.